The van der Waals surface area contributed by atoms with E-state index in [0.717, 1.165) is 23.4 Å². The standard InChI is InChI=1S/C16H27BrO2Si/c1-13(10-18-12-16(2,3)20(4)5)11-19-15-8-6-14(17)7-9-15/h6-9,13,20H,10-12H2,1-5H3/t13-/m0/s1. The Kier molecular flexibility index (Phi) is 7.27. The molecule has 1 aromatic carbocycles. The highest BCUT2D eigenvalue weighted by Crippen LogP contribution is 2.28. The van der Waals surface area contributed by atoms with Crippen LogP contribution in [0.3, 0.4) is 0 Å². The predicted octanol–water partition coefficient (Wildman–Crippen LogP) is 4.75. The monoisotopic (exact) mass is 358 g/mol. The number of halogens is 1. The lowest BCUT2D eigenvalue weighted by molar-refractivity contribution is 0.0709. The molecule has 1 aromatic rings. The fourth-order valence-electron chi connectivity index (χ4n) is 1.51. The minimum Gasteiger partial charge on any atom is -0.493 e. The lowest BCUT2D eigenvalue weighted by Gasteiger charge is -2.28. The second kappa shape index (κ2) is 8.20. The average Bonchev–Trinajstić information content (AvgIpc) is 2.37. The van der Waals surface area contributed by atoms with Crippen molar-refractivity contribution in [2.24, 2.45) is 5.92 Å². The number of ether oxygens (including phenoxy) is 2. The number of rotatable bonds is 8. The molecule has 0 spiro atoms. The molecule has 0 radical (unpaired) electrons. The van der Waals surface area contributed by atoms with Gasteiger partial charge in [0.2, 0.25) is 0 Å². The quantitative estimate of drug-likeness (QED) is 0.624. The molecule has 2 nitrogen and oxygen atoms in total. The zero-order valence-corrected chi connectivity index (χ0v) is 16.0. The van der Waals surface area contributed by atoms with Crippen LogP contribution in [0.1, 0.15) is 20.8 Å². The topological polar surface area (TPSA) is 18.5 Å². The Labute approximate surface area is 133 Å². The fraction of sp³-hybridized carbons (Fsp3) is 0.625. The van der Waals surface area contributed by atoms with Crippen LogP contribution in [0.5, 0.6) is 5.75 Å². The number of hydrogen-bond acceptors (Lipinski definition) is 2. The van der Waals surface area contributed by atoms with Gasteiger partial charge in [0.25, 0.3) is 0 Å². The van der Waals surface area contributed by atoms with Crippen LogP contribution >= 0.6 is 15.9 Å². The van der Waals surface area contributed by atoms with Crippen LogP contribution in [0, 0.1) is 5.92 Å². The normalized spacial score (nSPS) is 13.6. The number of benzene rings is 1. The average molecular weight is 359 g/mol. The van der Waals surface area contributed by atoms with Gasteiger partial charge in [-0.2, -0.15) is 0 Å². The predicted molar refractivity (Wildman–Crippen MR) is 92.5 cm³/mol. The summed E-state index contributed by atoms with van der Waals surface area (Å²) in [5, 5.41) is 0.367. The summed E-state index contributed by atoms with van der Waals surface area (Å²) in [7, 11) is -0.673. The summed E-state index contributed by atoms with van der Waals surface area (Å²) in [6.07, 6.45) is 0. The van der Waals surface area contributed by atoms with Crippen molar-refractivity contribution >= 4 is 24.7 Å². The van der Waals surface area contributed by atoms with Crippen molar-refractivity contribution in [3.8, 4) is 5.75 Å². The molecule has 0 unspecified atom stereocenters. The van der Waals surface area contributed by atoms with Gasteiger partial charge in [-0.25, -0.2) is 0 Å². The molecular formula is C16H27BrO2Si. The first-order valence-electron chi connectivity index (χ1n) is 7.27. The zero-order chi connectivity index (χ0) is 15.2. The van der Waals surface area contributed by atoms with E-state index >= 15 is 0 Å². The van der Waals surface area contributed by atoms with Gasteiger partial charge in [0.15, 0.2) is 0 Å². The van der Waals surface area contributed by atoms with Gasteiger partial charge in [-0.15, -0.1) is 0 Å². The van der Waals surface area contributed by atoms with Crippen molar-refractivity contribution in [2.75, 3.05) is 19.8 Å². The van der Waals surface area contributed by atoms with Crippen LogP contribution in [0.25, 0.3) is 0 Å². The fourth-order valence-corrected chi connectivity index (χ4v) is 2.22. The Hall–Kier alpha value is -0.323. The van der Waals surface area contributed by atoms with E-state index in [9.17, 15) is 0 Å². The van der Waals surface area contributed by atoms with Crippen LogP contribution in [0.2, 0.25) is 18.1 Å². The second-order valence-corrected chi connectivity index (χ2v) is 11.3. The maximum absolute atomic E-state index is 5.88. The van der Waals surface area contributed by atoms with Crippen molar-refractivity contribution < 1.29 is 9.47 Å². The highest BCUT2D eigenvalue weighted by molar-refractivity contribution is 9.10. The third-order valence-corrected chi connectivity index (χ3v) is 7.61. The summed E-state index contributed by atoms with van der Waals surface area (Å²) in [4.78, 5) is 0. The molecule has 4 heteroatoms. The van der Waals surface area contributed by atoms with Gasteiger partial charge in [-0.1, -0.05) is 49.8 Å². The lowest BCUT2D eigenvalue weighted by atomic mass is 10.2. The SMILES string of the molecule is C[C@@H](COCC(C)(C)[SiH](C)C)COc1ccc(Br)cc1. The van der Waals surface area contributed by atoms with Crippen molar-refractivity contribution in [1.29, 1.82) is 0 Å². The number of hydrogen-bond donors (Lipinski definition) is 0. The molecule has 0 saturated carbocycles. The molecule has 1 rings (SSSR count). The Bertz CT molecular complexity index is 390. The van der Waals surface area contributed by atoms with E-state index in [1.807, 2.05) is 24.3 Å². The van der Waals surface area contributed by atoms with Crippen LogP contribution in [-0.2, 0) is 4.74 Å². The maximum atomic E-state index is 5.88. The smallest absolute Gasteiger partial charge is 0.119 e. The van der Waals surface area contributed by atoms with Crippen LogP contribution in [0.4, 0.5) is 0 Å². The van der Waals surface area contributed by atoms with Gasteiger partial charge in [0.05, 0.1) is 13.2 Å². The van der Waals surface area contributed by atoms with Crippen LogP contribution in [-0.4, -0.2) is 28.6 Å². The second-order valence-electron chi connectivity index (χ2n) is 6.53. The van der Waals surface area contributed by atoms with Crippen LogP contribution < -0.4 is 4.74 Å². The molecule has 0 aliphatic heterocycles. The molecule has 20 heavy (non-hydrogen) atoms. The third-order valence-electron chi connectivity index (χ3n) is 3.79. The summed E-state index contributed by atoms with van der Waals surface area (Å²) in [5.74, 6) is 1.32. The Balaban J connectivity index is 2.24. The molecule has 0 aliphatic rings. The van der Waals surface area contributed by atoms with E-state index in [-0.39, 0.29) is 0 Å². The molecule has 0 aliphatic carbocycles. The van der Waals surface area contributed by atoms with Gasteiger partial charge in [-0.05, 0) is 29.3 Å². The van der Waals surface area contributed by atoms with E-state index < -0.39 is 8.80 Å². The van der Waals surface area contributed by atoms with Gasteiger partial charge < -0.3 is 9.47 Å². The zero-order valence-electron chi connectivity index (χ0n) is 13.3. The third kappa shape index (κ3) is 6.42. The van der Waals surface area contributed by atoms with E-state index in [1.165, 1.54) is 0 Å². The highest BCUT2D eigenvalue weighted by atomic mass is 79.9. The largest absolute Gasteiger partial charge is 0.493 e. The molecule has 0 saturated heterocycles. The van der Waals surface area contributed by atoms with Crippen molar-refractivity contribution in [3.05, 3.63) is 28.7 Å². The lowest BCUT2D eigenvalue weighted by Crippen LogP contribution is -2.27. The first-order chi connectivity index (χ1) is 9.31. The van der Waals surface area contributed by atoms with Crippen molar-refractivity contribution in [1.82, 2.24) is 0 Å². The molecular weight excluding hydrogens is 332 g/mol. The Morgan fingerprint density at radius 1 is 1.15 bits per heavy atom. The Morgan fingerprint density at radius 3 is 2.30 bits per heavy atom. The summed E-state index contributed by atoms with van der Waals surface area (Å²) in [6.45, 7) is 13.9. The summed E-state index contributed by atoms with van der Waals surface area (Å²) >= 11 is 3.42. The van der Waals surface area contributed by atoms with Gasteiger partial charge >= 0.3 is 0 Å². The van der Waals surface area contributed by atoms with E-state index in [2.05, 4.69) is 49.8 Å². The molecule has 0 amide bonds. The Morgan fingerprint density at radius 2 is 1.75 bits per heavy atom. The van der Waals surface area contributed by atoms with Crippen molar-refractivity contribution in [3.63, 3.8) is 0 Å². The van der Waals surface area contributed by atoms with E-state index in [4.69, 9.17) is 9.47 Å². The van der Waals surface area contributed by atoms with Gasteiger partial charge in [0.1, 0.15) is 5.75 Å². The minimum absolute atomic E-state index is 0.367. The highest BCUT2D eigenvalue weighted by Gasteiger charge is 2.23. The summed E-state index contributed by atoms with van der Waals surface area (Å²) in [6, 6.07) is 7.94. The summed E-state index contributed by atoms with van der Waals surface area (Å²) < 4.78 is 12.7. The van der Waals surface area contributed by atoms with Gasteiger partial charge in [0, 0.05) is 25.8 Å². The van der Waals surface area contributed by atoms with Crippen LogP contribution in [0.15, 0.2) is 28.7 Å². The van der Waals surface area contributed by atoms with Gasteiger partial charge in [-0.3, -0.25) is 0 Å². The molecule has 0 heterocycles. The molecule has 1 atom stereocenters. The minimum atomic E-state index is -0.673. The molecule has 0 bridgehead atoms. The van der Waals surface area contributed by atoms with Crippen molar-refractivity contribution in [2.45, 2.75) is 38.9 Å². The molecule has 0 fully saturated rings. The maximum Gasteiger partial charge on any atom is 0.119 e. The van der Waals surface area contributed by atoms with E-state index in [0.29, 0.717) is 17.6 Å². The molecule has 114 valence electrons. The molecule has 0 N–H and O–H groups in total. The van der Waals surface area contributed by atoms with E-state index in [1.54, 1.807) is 0 Å². The first-order valence-corrected chi connectivity index (χ1v) is 11.0. The first kappa shape index (κ1) is 17.7. The summed E-state index contributed by atoms with van der Waals surface area (Å²) in [5.41, 5.74) is 0. The molecule has 0 aromatic heterocycles.